The van der Waals surface area contributed by atoms with E-state index in [9.17, 15) is 28.8 Å². The Kier molecular flexibility index (Phi) is 2.85. The third kappa shape index (κ3) is 1.81. The van der Waals surface area contributed by atoms with E-state index in [0.717, 1.165) is 17.0 Å². The van der Waals surface area contributed by atoms with E-state index in [1.54, 1.807) is 0 Å². The number of non-ortho nitro benzene ring substituents is 1. The van der Waals surface area contributed by atoms with Crippen LogP contribution in [0.4, 0.5) is 25.8 Å². The maximum Gasteiger partial charge on any atom is 0.269 e. The summed E-state index contributed by atoms with van der Waals surface area (Å²) in [5.74, 6) is -2.63. The molecule has 2 heterocycles. The number of aliphatic hydroxyl groups is 1. The SMILES string of the molecule is O=C1c2c(F)cc(F)cc2NC2C(O)c3cc([N+](=O)[O-])ccc3N12. The summed E-state index contributed by atoms with van der Waals surface area (Å²) in [6, 6.07) is 5.24. The van der Waals surface area contributed by atoms with E-state index in [2.05, 4.69) is 5.32 Å². The first-order valence-corrected chi connectivity index (χ1v) is 6.94. The fourth-order valence-corrected chi connectivity index (χ4v) is 3.14. The number of benzene rings is 2. The smallest absolute Gasteiger partial charge is 0.269 e. The predicted octanol–water partition coefficient (Wildman–Crippen LogP) is 2.32. The largest absolute Gasteiger partial charge is 0.384 e. The van der Waals surface area contributed by atoms with E-state index in [0.29, 0.717) is 6.07 Å². The number of carbonyl (C=O) groups is 1. The number of anilines is 2. The van der Waals surface area contributed by atoms with Gasteiger partial charge in [0.2, 0.25) is 0 Å². The van der Waals surface area contributed by atoms with Gasteiger partial charge in [-0.1, -0.05) is 0 Å². The highest BCUT2D eigenvalue weighted by molar-refractivity contribution is 6.13. The Morgan fingerprint density at radius 1 is 1.25 bits per heavy atom. The van der Waals surface area contributed by atoms with Gasteiger partial charge < -0.3 is 10.4 Å². The molecule has 0 aromatic heterocycles. The van der Waals surface area contributed by atoms with Crippen molar-refractivity contribution in [3.05, 3.63) is 63.2 Å². The van der Waals surface area contributed by atoms with Crippen molar-refractivity contribution < 1.29 is 23.6 Å². The zero-order valence-electron chi connectivity index (χ0n) is 11.9. The maximum atomic E-state index is 14.0. The number of rotatable bonds is 1. The fourth-order valence-electron chi connectivity index (χ4n) is 3.14. The normalized spacial score (nSPS) is 21.0. The molecule has 122 valence electrons. The van der Waals surface area contributed by atoms with Gasteiger partial charge in [0.15, 0.2) is 0 Å². The second-order valence-electron chi connectivity index (χ2n) is 5.52. The van der Waals surface area contributed by atoms with Gasteiger partial charge in [0.25, 0.3) is 11.6 Å². The first-order valence-electron chi connectivity index (χ1n) is 6.94. The van der Waals surface area contributed by atoms with E-state index >= 15 is 0 Å². The number of nitro benzene ring substituents is 1. The number of amides is 1. The number of aliphatic hydroxyl groups excluding tert-OH is 1. The Morgan fingerprint density at radius 3 is 2.71 bits per heavy atom. The lowest BCUT2D eigenvalue weighted by Gasteiger charge is -2.34. The van der Waals surface area contributed by atoms with Crippen LogP contribution in [0.5, 0.6) is 0 Å². The molecule has 9 heteroatoms. The number of nitrogens with zero attached hydrogens (tertiary/aromatic N) is 2. The molecule has 1 amide bonds. The quantitative estimate of drug-likeness (QED) is 0.617. The lowest BCUT2D eigenvalue weighted by Crippen LogP contribution is -2.48. The van der Waals surface area contributed by atoms with Crippen LogP contribution in [0, 0.1) is 21.7 Å². The summed E-state index contributed by atoms with van der Waals surface area (Å²) in [6.45, 7) is 0. The van der Waals surface area contributed by atoms with Crippen LogP contribution in [0.25, 0.3) is 0 Å². The third-order valence-electron chi connectivity index (χ3n) is 4.17. The number of halogens is 2. The summed E-state index contributed by atoms with van der Waals surface area (Å²) in [7, 11) is 0. The molecule has 0 radical (unpaired) electrons. The summed E-state index contributed by atoms with van der Waals surface area (Å²) < 4.78 is 27.4. The van der Waals surface area contributed by atoms with Crippen LogP contribution >= 0.6 is 0 Å². The summed E-state index contributed by atoms with van der Waals surface area (Å²) in [6.07, 6.45) is -2.27. The Morgan fingerprint density at radius 2 is 2.00 bits per heavy atom. The summed E-state index contributed by atoms with van der Waals surface area (Å²) in [5.41, 5.74) is -0.241. The molecule has 2 aromatic carbocycles. The Hall–Kier alpha value is -3.07. The van der Waals surface area contributed by atoms with Crippen molar-refractivity contribution in [1.29, 1.82) is 0 Å². The average molecular weight is 333 g/mol. The molecule has 4 rings (SSSR count). The van der Waals surface area contributed by atoms with Crippen LogP contribution in [0.1, 0.15) is 22.0 Å². The van der Waals surface area contributed by atoms with Gasteiger partial charge in [-0.05, 0) is 12.1 Å². The number of fused-ring (bicyclic) bond motifs is 4. The molecule has 24 heavy (non-hydrogen) atoms. The van der Waals surface area contributed by atoms with Gasteiger partial charge in [-0.3, -0.25) is 19.8 Å². The van der Waals surface area contributed by atoms with Crippen LogP contribution in [0.15, 0.2) is 30.3 Å². The molecule has 0 saturated heterocycles. The monoisotopic (exact) mass is 333 g/mol. The highest BCUT2D eigenvalue weighted by Gasteiger charge is 2.46. The summed E-state index contributed by atoms with van der Waals surface area (Å²) in [4.78, 5) is 24.0. The van der Waals surface area contributed by atoms with Crippen molar-refractivity contribution in [2.24, 2.45) is 0 Å². The van der Waals surface area contributed by atoms with Gasteiger partial charge in [0.05, 0.1) is 21.9 Å². The Balaban J connectivity index is 1.87. The molecular formula is C15H9F2N3O4. The van der Waals surface area contributed by atoms with Crippen LogP contribution in [0.2, 0.25) is 0 Å². The number of hydrogen-bond donors (Lipinski definition) is 2. The van der Waals surface area contributed by atoms with Crippen LogP contribution < -0.4 is 10.2 Å². The van der Waals surface area contributed by atoms with Gasteiger partial charge in [-0.2, -0.15) is 0 Å². The molecule has 2 atom stereocenters. The minimum Gasteiger partial charge on any atom is -0.384 e. The van der Waals surface area contributed by atoms with E-state index in [-0.39, 0.29) is 28.2 Å². The van der Waals surface area contributed by atoms with Crippen LogP contribution in [-0.4, -0.2) is 22.1 Å². The van der Waals surface area contributed by atoms with Crippen molar-refractivity contribution in [1.82, 2.24) is 0 Å². The number of hydrogen-bond acceptors (Lipinski definition) is 5. The van der Waals surface area contributed by atoms with Gasteiger partial charge in [0, 0.05) is 23.8 Å². The molecule has 0 spiro atoms. The number of nitro groups is 1. The predicted molar refractivity (Wildman–Crippen MR) is 78.6 cm³/mol. The van der Waals surface area contributed by atoms with Gasteiger partial charge >= 0.3 is 0 Å². The lowest BCUT2D eigenvalue weighted by molar-refractivity contribution is -0.384. The van der Waals surface area contributed by atoms with Crippen molar-refractivity contribution in [2.75, 3.05) is 10.2 Å². The van der Waals surface area contributed by atoms with Crippen molar-refractivity contribution >= 4 is 23.0 Å². The minimum atomic E-state index is -1.27. The Labute approximate surface area is 133 Å². The Bertz CT molecular complexity index is 918. The minimum absolute atomic E-state index is 0.0693. The highest BCUT2D eigenvalue weighted by Crippen LogP contribution is 2.45. The van der Waals surface area contributed by atoms with E-state index in [1.807, 2.05) is 0 Å². The fraction of sp³-hybridized carbons (Fsp3) is 0.133. The van der Waals surface area contributed by atoms with Gasteiger partial charge in [-0.15, -0.1) is 0 Å². The first kappa shape index (κ1) is 14.5. The van der Waals surface area contributed by atoms with E-state index in [4.69, 9.17) is 0 Å². The molecule has 2 aliphatic heterocycles. The number of nitrogens with one attached hydrogen (secondary N) is 1. The molecule has 0 aliphatic carbocycles. The van der Waals surface area contributed by atoms with E-state index < -0.39 is 34.7 Å². The zero-order chi connectivity index (χ0) is 17.2. The average Bonchev–Trinajstić information content (AvgIpc) is 2.79. The topological polar surface area (TPSA) is 95.7 Å². The highest BCUT2D eigenvalue weighted by atomic mass is 19.1. The van der Waals surface area contributed by atoms with Gasteiger partial charge in [-0.25, -0.2) is 8.78 Å². The van der Waals surface area contributed by atoms with Crippen molar-refractivity contribution in [3.63, 3.8) is 0 Å². The second-order valence-corrected chi connectivity index (χ2v) is 5.52. The standard InChI is InChI=1S/C15H9F2N3O4/c16-6-3-9(17)12-10(4-6)18-14-13(21)8-5-7(20(23)24)1-2-11(8)19(14)15(12)22/h1-5,13-14,18,21H. The van der Waals surface area contributed by atoms with Crippen molar-refractivity contribution in [2.45, 2.75) is 12.3 Å². The zero-order valence-corrected chi connectivity index (χ0v) is 11.9. The molecule has 2 aliphatic rings. The molecule has 2 aromatic rings. The number of carbonyl (C=O) groups excluding carboxylic acids is 1. The third-order valence-corrected chi connectivity index (χ3v) is 4.17. The molecule has 7 nitrogen and oxygen atoms in total. The lowest BCUT2D eigenvalue weighted by atomic mass is 10.1. The molecular weight excluding hydrogens is 324 g/mol. The molecule has 2 N–H and O–H groups in total. The molecule has 2 unspecified atom stereocenters. The summed E-state index contributed by atoms with van der Waals surface area (Å²) >= 11 is 0. The summed E-state index contributed by atoms with van der Waals surface area (Å²) in [5, 5.41) is 24.0. The molecule has 0 fully saturated rings. The second kappa shape index (κ2) is 4.71. The van der Waals surface area contributed by atoms with Crippen LogP contribution in [-0.2, 0) is 0 Å². The first-order chi connectivity index (χ1) is 11.4. The van der Waals surface area contributed by atoms with Crippen LogP contribution in [0.3, 0.4) is 0 Å². The molecule has 0 bridgehead atoms. The van der Waals surface area contributed by atoms with Crippen molar-refractivity contribution in [3.8, 4) is 0 Å². The van der Waals surface area contributed by atoms with Gasteiger partial charge in [0.1, 0.15) is 23.9 Å². The maximum absolute atomic E-state index is 14.0. The molecule has 0 saturated carbocycles. The van der Waals surface area contributed by atoms with E-state index in [1.165, 1.54) is 12.1 Å².